The predicted molar refractivity (Wildman–Crippen MR) is 42.2 cm³/mol. The van der Waals surface area contributed by atoms with Crippen LogP contribution in [0.1, 0.15) is 12.8 Å². The van der Waals surface area contributed by atoms with Gasteiger partial charge in [-0.1, -0.05) is 12.2 Å². The van der Waals surface area contributed by atoms with Crippen molar-refractivity contribution in [2.24, 2.45) is 11.8 Å². The van der Waals surface area contributed by atoms with E-state index in [2.05, 4.69) is 6.58 Å². The van der Waals surface area contributed by atoms with E-state index in [9.17, 15) is 4.79 Å². The lowest BCUT2D eigenvalue weighted by Crippen LogP contribution is -2.19. The van der Waals surface area contributed by atoms with Crippen molar-refractivity contribution in [3.05, 3.63) is 12.2 Å². The monoisotopic (exact) mass is 168 g/mol. The highest BCUT2D eigenvalue weighted by atomic mass is 16.7. The number of ether oxygens (including phenoxy) is 2. The van der Waals surface area contributed by atoms with Crippen LogP contribution in [0.2, 0.25) is 0 Å². The maximum atomic E-state index is 11.2. The Labute approximate surface area is 71.3 Å². The summed E-state index contributed by atoms with van der Waals surface area (Å²) in [5.41, 5.74) is 1.10. The maximum Gasteiger partial charge on any atom is 0.312 e. The average Bonchev–Trinajstić information content (AvgIpc) is 2.56. The number of carbonyl (C=O) groups excluding carboxylic acids is 1. The number of rotatable bonds is 1. The molecule has 0 aromatic carbocycles. The molecule has 3 atom stereocenters. The summed E-state index contributed by atoms with van der Waals surface area (Å²) in [5.74, 6) is 0.00968. The van der Waals surface area contributed by atoms with Gasteiger partial charge in [0.1, 0.15) is 0 Å². The second kappa shape index (κ2) is 2.59. The van der Waals surface area contributed by atoms with E-state index in [-0.39, 0.29) is 24.1 Å². The van der Waals surface area contributed by atoms with Gasteiger partial charge in [0.15, 0.2) is 0 Å². The van der Waals surface area contributed by atoms with Crippen molar-refractivity contribution in [3.8, 4) is 0 Å². The average molecular weight is 168 g/mol. The standard InChI is InChI=1S/C9H12O3/c1-5-3-4-6-7(5)9(11-2)12-8(6)10/h6-7,9H,1,3-4H2,2H3. The minimum Gasteiger partial charge on any atom is -0.435 e. The molecular formula is C9H12O3. The Balaban J connectivity index is 2.24. The summed E-state index contributed by atoms with van der Waals surface area (Å²) >= 11 is 0. The molecule has 1 saturated carbocycles. The Bertz CT molecular complexity index is 232. The van der Waals surface area contributed by atoms with Gasteiger partial charge < -0.3 is 9.47 Å². The molecule has 1 heterocycles. The van der Waals surface area contributed by atoms with Gasteiger partial charge in [-0.15, -0.1) is 0 Å². The molecule has 0 aromatic rings. The highest BCUT2D eigenvalue weighted by molar-refractivity contribution is 5.76. The first-order valence-corrected chi connectivity index (χ1v) is 4.15. The van der Waals surface area contributed by atoms with Crippen molar-refractivity contribution in [1.82, 2.24) is 0 Å². The van der Waals surface area contributed by atoms with Crippen molar-refractivity contribution in [2.75, 3.05) is 7.11 Å². The quantitative estimate of drug-likeness (QED) is 0.434. The van der Waals surface area contributed by atoms with Gasteiger partial charge in [0.05, 0.1) is 11.8 Å². The Hall–Kier alpha value is -0.830. The zero-order valence-electron chi connectivity index (χ0n) is 7.08. The molecule has 0 aromatic heterocycles. The Morgan fingerprint density at radius 3 is 3.08 bits per heavy atom. The van der Waals surface area contributed by atoms with Crippen LogP contribution in [0, 0.1) is 11.8 Å². The summed E-state index contributed by atoms with van der Waals surface area (Å²) in [4.78, 5) is 11.2. The van der Waals surface area contributed by atoms with Gasteiger partial charge in [0, 0.05) is 7.11 Å². The highest BCUT2D eigenvalue weighted by Gasteiger charge is 2.49. The number of esters is 1. The number of hydrogen-bond acceptors (Lipinski definition) is 3. The first-order valence-electron chi connectivity index (χ1n) is 4.15. The van der Waals surface area contributed by atoms with E-state index in [1.807, 2.05) is 0 Å². The van der Waals surface area contributed by atoms with Gasteiger partial charge >= 0.3 is 5.97 Å². The normalized spacial score (nSPS) is 39.9. The fourth-order valence-electron chi connectivity index (χ4n) is 2.09. The second-order valence-corrected chi connectivity index (χ2v) is 3.37. The van der Waals surface area contributed by atoms with Crippen molar-refractivity contribution in [3.63, 3.8) is 0 Å². The molecule has 66 valence electrons. The highest BCUT2D eigenvalue weighted by Crippen LogP contribution is 2.44. The first-order chi connectivity index (χ1) is 5.74. The largest absolute Gasteiger partial charge is 0.435 e. The van der Waals surface area contributed by atoms with Crippen LogP contribution >= 0.6 is 0 Å². The maximum absolute atomic E-state index is 11.2. The fraction of sp³-hybridized carbons (Fsp3) is 0.667. The molecule has 2 fully saturated rings. The summed E-state index contributed by atoms with van der Waals surface area (Å²) < 4.78 is 10.1. The first kappa shape index (κ1) is 7.80. The van der Waals surface area contributed by atoms with Crippen molar-refractivity contribution >= 4 is 5.97 Å². The lowest BCUT2D eigenvalue weighted by molar-refractivity contribution is -0.161. The zero-order chi connectivity index (χ0) is 8.72. The van der Waals surface area contributed by atoms with Crippen LogP contribution in [0.4, 0.5) is 0 Å². The minimum atomic E-state index is -0.377. The van der Waals surface area contributed by atoms with Gasteiger partial charge in [-0.3, -0.25) is 4.79 Å². The van der Waals surface area contributed by atoms with E-state index in [0.717, 1.165) is 18.4 Å². The molecule has 1 aliphatic carbocycles. The summed E-state index contributed by atoms with van der Waals surface area (Å²) in [6, 6.07) is 0. The van der Waals surface area contributed by atoms with Crippen LogP contribution in [0.15, 0.2) is 12.2 Å². The molecule has 0 amide bonds. The third kappa shape index (κ3) is 0.894. The van der Waals surface area contributed by atoms with Gasteiger partial charge in [-0.25, -0.2) is 0 Å². The topological polar surface area (TPSA) is 35.5 Å². The Morgan fingerprint density at radius 2 is 2.42 bits per heavy atom. The second-order valence-electron chi connectivity index (χ2n) is 3.37. The third-order valence-electron chi connectivity index (χ3n) is 2.74. The lowest BCUT2D eigenvalue weighted by Gasteiger charge is -2.14. The van der Waals surface area contributed by atoms with Gasteiger partial charge in [0.25, 0.3) is 0 Å². The smallest absolute Gasteiger partial charge is 0.312 e. The summed E-state index contributed by atoms with van der Waals surface area (Å²) in [5, 5.41) is 0. The summed E-state index contributed by atoms with van der Waals surface area (Å²) in [6.45, 7) is 3.92. The van der Waals surface area contributed by atoms with Crippen LogP contribution in [0.3, 0.4) is 0 Å². The lowest BCUT2D eigenvalue weighted by atomic mass is 9.96. The number of cyclic esters (lactones) is 1. The zero-order valence-corrected chi connectivity index (χ0v) is 7.08. The van der Waals surface area contributed by atoms with Gasteiger partial charge in [-0.05, 0) is 12.8 Å². The number of fused-ring (bicyclic) bond motifs is 1. The predicted octanol–water partition coefficient (Wildman–Crippen LogP) is 1.10. The molecule has 1 saturated heterocycles. The van der Waals surface area contributed by atoms with Crippen LogP contribution in [-0.2, 0) is 14.3 Å². The molecule has 2 rings (SSSR count). The summed E-state index contributed by atoms with van der Waals surface area (Å²) in [6.07, 6.45) is 1.43. The van der Waals surface area contributed by atoms with Crippen molar-refractivity contribution in [1.29, 1.82) is 0 Å². The van der Waals surface area contributed by atoms with Gasteiger partial charge in [0.2, 0.25) is 6.29 Å². The third-order valence-corrected chi connectivity index (χ3v) is 2.74. The molecule has 12 heavy (non-hydrogen) atoms. The molecule has 0 radical (unpaired) electrons. The summed E-state index contributed by atoms with van der Waals surface area (Å²) in [7, 11) is 1.56. The molecule has 0 N–H and O–H groups in total. The van der Waals surface area contributed by atoms with E-state index in [1.54, 1.807) is 7.11 Å². The van der Waals surface area contributed by atoms with Crippen LogP contribution in [0.25, 0.3) is 0 Å². The Morgan fingerprint density at radius 1 is 1.67 bits per heavy atom. The van der Waals surface area contributed by atoms with Crippen molar-refractivity contribution < 1.29 is 14.3 Å². The molecule has 0 bridgehead atoms. The van der Waals surface area contributed by atoms with E-state index >= 15 is 0 Å². The molecule has 3 heteroatoms. The Kier molecular flexibility index (Phi) is 1.68. The molecule has 0 spiro atoms. The van der Waals surface area contributed by atoms with Crippen molar-refractivity contribution in [2.45, 2.75) is 19.1 Å². The molecule has 3 unspecified atom stereocenters. The number of carbonyl (C=O) groups is 1. The SMILES string of the molecule is C=C1CCC2C(=O)OC(OC)C12. The molecule has 1 aliphatic heterocycles. The van der Waals surface area contributed by atoms with E-state index in [1.165, 1.54) is 0 Å². The molecule has 3 nitrogen and oxygen atoms in total. The van der Waals surface area contributed by atoms with E-state index < -0.39 is 0 Å². The van der Waals surface area contributed by atoms with E-state index in [0.29, 0.717) is 0 Å². The molecule has 2 aliphatic rings. The van der Waals surface area contributed by atoms with Crippen LogP contribution in [0.5, 0.6) is 0 Å². The van der Waals surface area contributed by atoms with Crippen LogP contribution in [-0.4, -0.2) is 19.4 Å². The number of methoxy groups -OCH3 is 1. The minimum absolute atomic E-state index is 0.0162. The number of hydrogen-bond donors (Lipinski definition) is 0. The van der Waals surface area contributed by atoms with Crippen LogP contribution < -0.4 is 0 Å². The molecular weight excluding hydrogens is 156 g/mol. The van der Waals surface area contributed by atoms with E-state index in [4.69, 9.17) is 9.47 Å². The fourth-order valence-corrected chi connectivity index (χ4v) is 2.09. The van der Waals surface area contributed by atoms with Gasteiger partial charge in [-0.2, -0.15) is 0 Å².